The van der Waals surface area contributed by atoms with E-state index in [0.29, 0.717) is 0 Å². The van der Waals surface area contributed by atoms with Crippen LogP contribution in [0.3, 0.4) is 0 Å². The number of fused-ring (bicyclic) bond motifs is 1. The second kappa shape index (κ2) is 5.92. The highest BCUT2D eigenvalue weighted by Crippen LogP contribution is 2.23. The molecule has 4 nitrogen and oxygen atoms in total. The summed E-state index contributed by atoms with van der Waals surface area (Å²) in [5.74, 6) is 0.991. The number of hydrogen-bond acceptors (Lipinski definition) is 3. The van der Waals surface area contributed by atoms with E-state index < -0.39 is 0 Å². The lowest BCUT2D eigenvalue weighted by Gasteiger charge is -2.10. The Hall–Kier alpha value is -2.07. The van der Waals surface area contributed by atoms with E-state index in [1.54, 1.807) is 0 Å². The van der Waals surface area contributed by atoms with Crippen molar-refractivity contribution in [2.45, 2.75) is 25.9 Å². The van der Waals surface area contributed by atoms with Gasteiger partial charge in [-0.2, -0.15) is 5.10 Å². The van der Waals surface area contributed by atoms with Gasteiger partial charge < -0.3 is 9.73 Å². The summed E-state index contributed by atoms with van der Waals surface area (Å²) >= 11 is 0. The van der Waals surface area contributed by atoms with Crippen molar-refractivity contribution in [1.29, 1.82) is 0 Å². The minimum absolute atomic E-state index is 0.222. The molecule has 4 heteroatoms. The van der Waals surface area contributed by atoms with Gasteiger partial charge >= 0.3 is 0 Å². The molecule has 0 radical (unpaired) electrons. The van der Waals surface area contributed by atoms with Gasteiger partial charge in [-0.25, -0.2) is 0 Å². The van der Waals surface area contributed by atoms with Crippen molar-refractivity contribution in [2.24, 2.45) is 0 Å². The van der Waals surface area contributed by atoms with Gasteiger partial charge in [-0.15, -0.1) is 0 Å². The van der Waals surface area contributed by atoms with Crippen LogP contribution in [0.2, 0.25) is 0 Å². The Kier molecular flexibility index (Phi) is 3.83. The molecule has 1 N–H and O–H groups in total. The number of benzene rings is 1. The van der Waals surface area contributed by atoms with Crippen molar-refractivity contribution in [3.05, 3.63) is 54.6 Å². The summed E-state index contributed by atoms with van der Waals surface area (Å²) in [4.78, 5) is 0. The van der Waals surface area contributed by atoms with Crippen molar-refractivity contribution in [2.75, 3.05) is 6.54 Å². The van der Waals surface area contributed by atoms with E-state index in [-0.39, 0.29) is 6.04 Å². The van der Waals surface area contributed by atoms with Crippen molar-refractivity contribution >= 4 is 11.0 Å². The van der Waals surface area contributed by atoms with Gasteiger partial charge in [0.15, 0.2) is 0 Å². The largest absolute Gasteiger partial charge is 0.459 e. The van der Waals surface area contributed by atoms with E-state index in [1.807, 2.05) is 41.3 Å². The van der Waals surface area contributed by atoms with E-state index in [9.17, 15) is 0 Å². The average molecular weight is 269 g/mol. The van der Waals surface area contributed by atoms with Crippen molar-refractivity contribution < 1.29 is 4.42 Å². The van der Waals surface area contributed by atoms with Gasteiger partial charge in [0.1, 0.15) is 11.3 Å². The van der Waals surface area contributed by atoms with Gasteiger partial charge in [0.2, 0.25) is 0 Å². The Morgan fingerprint density at radius 2 is 2.20 bits per heavy atom. The van der Waals surface area contributed by atoms with Crippen molar-refractivity contribution in [1.82, 2.24) is 15.1 Å². The fourth-order valence-corrected chi connectivity index (χ4v) is 2.31. The van der Waals surface area contributed by atoms with Crippen LogP contribution in [-0.4, -0.2) is 16.3 Å². The third-order valence-electron chi connectivity index (χ3n) is 3.45. The van der Waals surface area contributed by atoms with Crippen LogP contribution in [0.15, 0.2) is 53.2 Å². The van der Waals surface area contributed by atoms with Crippen LogP contribution >= 0.6 is 0 Å². The average Bonchev–Trinajstić information content (AvgIpc) is 3.12. The molecule has 0 saturated heterocycles. The number of nitrogens with one attached hydrogen (secondary N) is 1. The number of nitrogens with zero attached hydrogens (tertiary/aromatic N) is 2. The molecule has 104 valence electrons. The fourth-order valence-electron chi connectivity index (χ4n) is 2.31. The molecule has 3 aromatic rings. The molecule has 0 fully saturated rings. The maximum absolute atomic E-state index is 5.85. The molecule has 20 heavy (non-hydrogen) atoms. The molecular formula is C16H19N3O. The molecule has 2 heterocycles. The first-order valence-corrected chi connectivity index (χ1v) is 7.02. The predicted molar refractivity (Wildman–Crippen MR) is 79.5 cm³/mol. The highest BCUT2D eigenvalue weighted by molar-refractivity contribution is 5.77. The Labute approximate surface area is 118 Å². The van der Waals surface area contributed by atoms with Crippen LogP contribution < -0.4 is 5.32 Å². The molecule has 1 aromatic carbocycles. The molecule has 0 amide bonds. The molecular weight excluding hydrogens is 250 g/mol. The van der Waals surface area contributed by atoms with Gasteiger partial charge in [0, 0.05) is 24.3 Å². The lowest BCUT2D eigenvalue weighted by atomic mass is 10.2. The Balaban J connectivity index is 1.52. The minimum atomic E-state index is 0.222. The SMILES string of the molecule is C[C@@H](NCCCn1cccn1)c1cc2ccccc2o1. The lowest BCUT2D eigenvalue weighted by Crippen LogP contribution is -2.20. The molecule has 0 aliphatic carbocycles. The highest BCUT2D eigenvalue weighted by Gasteiger charge is 2.10. The zero-order chi connectivity index (χ0) is 13.8. The van der Waals surface area contributed by atoms with E-state index in [1.165, 1.54) is 0 Å². The van der Waals surface area contributed by atoms with Gasteiger partial charge in [-0.05, 0) is 38.1 Å². The minimum Gasteiger partial charge on any atom is -0.459 e. The van der Waals surface area contributed by atoms with Crippen LogP contribution in [0, 0.1) is 0 Å². The van der Waals surface area contributed by atoms with Gasteiger partial charge in [0.25, 0.3) is 0 Å². The predicted octanol–water partition coefficient (Wildman–Crippen LogP) is 3.37. The normalized spacial score (nSPS) is 12.8. The molecule has 2 aromatic heterocycles. The first kappa shape index (κ1) is 12.9. The molecule has 0 unspecified atom stereocenters. The number of furan rings is 1. The summed E-state index contributed by atoms with van der Waals surface area (Å²) in [6, 6.07) is 12.4. The number of para-hydroxylation sites is 1. The van der Waals surface area contributed by atoms with Crippen LogP contribution in [-0.2, 0) is 6.54 Å². The molecule has 0 aliphatic rings. The summed E-state index contributed by atoms with van der Waals surface area (Å²) in [6.45, 7) is 4.01. The smallest absolute Gasteiger partial charge is 0.134 e. The Morgan fingerprint density at radius 1 is 1.30 bits per heavy atom. The zero-order valence-electron chi connectivity index (χ0n) is 11.6. The fraction of sp³-hybridized carbons (Fsp3) is 0.312. The molecule has 3 rings (SSSR count). The molecule has 0 spiro atoms. The summed E-state index contributed by atoms with van der Waals surface area (Å²) in [6.07, 6.45) is 4.85. The van der Waals surface area contributed by atoms with Crippen LogP contribution in [0.4, 0.5) is 0 Å². The number of rotatable bonds is 6. The van der Waals surface area contributed by atoms with Crippen molar-refractivity contribution in [3.8, 4) is 0 Å². The number of aryl methyl sites for hydroxylation is 1. The van der Waals surface area contributed by atoms with E-state index in [4.69, 9.17) is 4.42 Å². The molecule has 0 bridgehead atoms. The topological polar surface area (TPSA) is 43.0 Å². The van der Waals surface area contributed by atoms with Crippen LogP contribution in [0.25, 0.3) is 11.0 Å². The van der Waals surface area contributed by atoms with Gasteiger partial charge in [-0.3, -0.25) is 4.68 Å². The van der Waals surface area contributed by atoms with E-state index >= 15 is 0 Å². The monoisotopic (exact) mass is 269 g/mol. The number of aromatic nitrogens is 2. The quantitative estimate of drug-likeness (QED) is 0.698. The van der Waals surface area contributed by atoms with Crippen LogP contribution in [0.1, 0.15) is 25.1 Å². The first-order valence-electron chi connectivity index (χ1n) is 7.02. The van der Waals surface area contributed by atoms with Gasteiger partial charge in [0.05, 0.1) is 6.04 Å². The zero-order valence-corrected chi connectivity index (χ0v) is 11.6. The van der Waals surface area contributed by atoms with E-state index in [0.717, 1.165) is 36.2 Å². The molecule has 0 aliphatic heterocycles. The van der Waals surface area contributed by atoms with E-state index in [2.05, 4.69) is 29.5 Å². The second-order valence-electron chi connectivity index (χ2n) is 4.99. The van der Waals surface area contributed by atoms with Gasteiger partial charge in [-0.1, -0.05) is 18.2 Å². The van der Waals surface area contributed by atoms with Crippen LogP contribution in [0.5, 0.6) is 0 Å². The highest BCUT2D eigenvalue weighted by atomic mass is 16.3. The molecule has 1 atom stereocenters. The van der Waals surface area contributed by atoms with Crippen molar-refractivity contribution in [3.63, 3.8) is 0 Å². The Morgan fingerprint density at radius 3 is 3.00 bits per heavy atom. The standard InChI is InChI=1S/C16H19N3O/c1-13(17-8-4-10-19-11-5-9-18-19)16-12-14-6-2-3-7-15(14)20-16/h2-3,5-7,9,11-13,17H,4,8,10H2,1H3/t13-/m1/s1. The first-order chi connectivity index (χ1) is 9.83. The Bertz CT molecular complexity index is 624. The third-order valence-corrected chi connectivity index (χ3v) is 3.45. The maximum atomic E-state index is 5.85. The second-order valence-corrected chi connectivity index (χ2v) is 4.99. The maximum Gasteiger partial charge on any atom is 0.134 e. The summed E-state index contributed by atoms with van der Waals surface area (Å²) in [5, 5.41) is 8.84. The number of hydrogen-bond donors (Lipinski definition) is 1. The summed E-state index contributed by atoms with van der Waals surface area (Å²) in [7, 11) is 0. The summed E-state index contributed by atoms with van der Waals surface area (Å²) < 4.78 is 7.80. The third kappa shape index (κ3) is 2.91. The summed E-state index contributed by atoms with van der Waals surface area (Å²) in [5.41, 5.74) is 0.952. The lowest BCUT2D eigenvalue weighted by molar-refractivity contribution is 0.438. The molecule has 0 saturated carbocycles.